The molecule has 0 aliphatic heterocycles. The molecule has 3 aromatic rings. The molecule has 1 aliphatic carbocycles. The van der Waals surface area contributed by atoms with Gasteiger partial charge in [0.1, 0.15) is 0 Å². The van der Waals surface area contributed by atoms with Crippen molar-refractivity contribution >= 4 is 21.4 Å². The van der Waals surface area contributed by atoms with Crippen molar-refractivity contribution in [1.82, 2.24) is 4.98 Å². The van der Waals surface area contributed by atoms with Crippen LogP contribution in [0.15, 0.2) is 48.0 Å². The predicted molar refractivity (Wildman–Crippen MR) is 87.1 cm³/mol. The highest BCUT2D eigenvalue weighted by Gasteiger charge is 2.23. The van der Waals surface area contributed by atoms with Crippen molar-refractivity contribution in [3.63, 3.8) is 0 Å². The normalized spacial score (nSPS) is 13.9. The molecule has 0 radical (unpaired) electrons. The number of aromatic nitrogens is 1. The van der Waals surface area contributed by atoms with E-state index in [-0.39, 0.29) is 0 Å². The van der Waals surface area contributed by atoms with Gasteiger partial charge in [0, 0.05) is 27.2 Å². The van der Waals surface area contributed by atoms with Gasteiger partial charge in [-0.3, -0.25) is 4.98 Å². The molecular weight excluding hydrogens is 264 g/mol. The maximum atomic E-state index is 4.64. The predicted octanol–water partition coefficient (Wildman–Crippen LogP) is 4.42. The Morgan fingerprint density at radius 1 is 1.10 bits per heavy atom. The SMILES string of the molecule is CN.c1ccc2c(-c3ccc(C4CC4)cn3)csc2c1. The molecule has 1 aromatic carbocycles. The van der Waals surface area contributed by atoms with Gasteiger partial charge in [-0.2, -0.15) is 0 Å². The quantitative estimate of drug-likeness (QED) is 0.756. The van der Waals surface area contributed by atoms with Crippen molar-refractivity contribution < 1.29 is 0 Å². The van der Waals surface area contributed by atoms with E-state index in [9.17, 15) is 0 Å². The van der Waals surface area contributed by atoms with E-state index in [0.717, 1.165) is 11.6 Å². The molecule has 1 fully saturated rings. The van der Waals surface area contributed by atoms with Gasteiger partial charge in [-0.25, -0.2) is 0 Å². The zero-order chi connectivity index (χ0) is 13.9. The lowest BCUT2D eigenvalue weighted by Gasteiger charge is -2.01. The first-order chi connectivity index (χ1) is 9.92. The van der Waals surface area contributed by atoms with E-state index in [4.69, 9.17) is 0 Å². The Bertz CT molecular complexity index is 696. The second kappa shape index (κ2) is 5.73. The van der Waals surface area contributed by atoms with Crippen LogP contribution in [0, 0.1) is 0 Å². The standard InChI is InChI=1S/C16H13NS.CH5N/c1-2-4-16-13(3-1)14(10-18-16)15-8-7-12(9-17-15)11-5-6-11;1-2/h1-4,7-11H,5-6H2;2H2,1H3. The average molecular weight is 282 g/mol. The maximum Gasteiger partial charge on any atom is 0.0716 e. The maximum absolute atomic E-state index is 4.64. The van der Waals surface area contributed by atoms with E-state index in [1.807, 2.05) is 0 Å². The van der Waals surface area contributed by atoms with Gasteiger partial charge in [0.05, 0.1) is 5.69 Å². The number of rotatable bonds is 2. The van der Waals surface area contributed by atoms with Gasteiger partial charge in [-0.1, -0.05) is 24.3 Å². The van der Waals surface area contributed by atoms with Crippen LogP contribution in [-0.2, 0) is 0 Å². The van der Waals surface area contributed by atoms with Crippen LogP contribution in [-0.4, -0.2) is 12.0 Å². The molecule has 0 atom stereocenters. The fraction of sp³-hybridized carbons (Fsp3) is 0.235. The molecule has 2 nitrogen and oxygen atoms in total. The first-order valence-corrected chi connectivity index (χ1v) is 7.80. The number of fused-ring (bicyclic) bond motifs is 1. The van der Waals surface area contributed by atoms with Crippen LogP contribution in [0.3, 0.4) is 0 Å². The lowest BCUT2D eigenvalue weighted by atomic mass is 10.1. The Kier molecular flexibility index (Phi) is 3.81. The van der Waals surface area contributed by atoms with Gasteiger partial charge < -0.3 is 5.73 Å². The average Bonchev–Trinajstić information content (AvgIpc) is 3.29. The fourth-order valence-electron chi connectivity index (χ4n) is 2.40. The third-order valence-electron chi connectivity index (χ3n) is 3.59. The first kappa shape index (κ1) is 13.3. The Morgan fingerprint density at radius 2 is 1.90 bits per heavy atom. The van der Waals surface area contributed by atoms with E-state index in [1.165, 1.54) is 41.1 Å². The summed E-state index contributed by atoms with van der Waals surface area (Å²) in [6.07, 6.45) is 4.73. The molecule has 102 valence electrons. The number of hydrogen-bond donors (Lipinski definition) is 1. The third-order valence-corrected chi connectivity index (χ3v) is 4.56. The monoisotopic (exact) mass is 282 g/mol. The zero-order valence-corrected chi connectivity index (χ0v) is 12.4. The number of pyridine rings is 1. The van der Waals surface area contributed by atoms with E-state index < -0.39 is 0 Å². The summed E-state index contributed by atoms with van der Waals surface area (Å²) in [6.45, 7) is 0. The Balaban J connectivity index is 0.000000581. The van der Waals surface area contributed by atoms with Crippen molar-refractivity contribution in [3.05, 3.63) is 53.5 Å². The smallest absolute Gasteiger partial charge is 0.0716 e. The van der Waals surface area contributed by atoms with Crippen LogP contribution in [0.5, 0.6) is 0 Å². The molecule has 0 amide bonds. The lowest BCUT2D eigenvalue weighted by Crippen LogP contribution is -1.85. The molecule has 0 saturated heterocycles. The molecule has 20 heavy (non-hydrogen) atoms. The highest BCUT2D eigenvalue weighted by atomic mass is 32.1. The Hall–Kier alpha value is -1.71. The molecular formula is C17H18N2S. The summed E-state index contributed by atoms with van der Waals surface area (Å²) in [5.41, 5.74) is 8.26. The minimum absolute atomic E-state index is 0.783. The number of nitrogens with zero attached hydrogens (tertiary/aromatic N) is 1. The second-order valence-corrected chi connectivity index (χ2v) is 5.81. The van der Waals surface area contributed by atoms with Crippen LogP contribution in [0.1, 0.15) is 24.3 Å². The van der Waals surface area contributed by atoms with Gasteiger partial charge in [0.25, 0.3) is 0 Å². The molecule has 0 spiro atoms. The summed E-state index contributed by atoms with van der Waals surface area (Å²) < 4.78 is 1.33. The van der Waals surface area contributed by atoms with Gasteiger partial charge in [-0.05, 0) is 43.5 Å². The molecule has 2 N–H and O–H groups in total. The molecule has 0 unspecified atom stereocenters. The van der Waals surface area contributed by atoms with Crippen molar-refractivity contribution in [1.29, 1.82) is 0 Å². The van der Waals surface area contributed by atoms with Crippen LogP contribution in [0.4, 0.5) is 0 Å². The van der Waals surface area contributed by atoms with E-state index in [1.54, 1.807) is 11.3 Å². The largest absolute Gasteiger partial charge is 0.333 e. The summed E-state index contributed by atoms with van der Waals surface area (Å²) in [5, 5.41) is 3.53. The van der Waals surface area contributed by atoms with Gasteiger partial charge >= 0.3 is 0 Å². The molecule has 2 aromatic heterocycles. The van der Waals surface area contributed by atoms with Crippen LogP contribution < -0.4 is 5.73 Å². The van der Waals surface area contributed by atoms with Crippen molar-refractivity contribution in [2.75, 3.05) is 7.05 Å². The summed E-state index contributed by atoms with van der Waals surface area (Å²) in [5.74, 6) is 0.783. The summed E-state index contributed by atoms with van der Waals surface area (Å²) in [4.78, 5) is 4.64. The van der Waals surface area contributed by atoms with E-state index in [0.29, 0.717) is 0 Å². The molecule has 2 heterocycles. The summed E-state index contributed by atoms with van der Waals surface area (Å²) >= 11 is 1.79. The van der Waals surface area contributed by atoms with Gasteiger partial charge in [0.15, 0.2) is 0 Å². The molecule has 4 rings (SSSR count). The Labute approximate surface area is 123 Å². The zero-order valence-electron chi connectivity index (χ0n) is 11.5. The minimum atomic E-state index is 0.783. The van der Waals surface area contributed by atoms with Crippen LogP contribution >= 0.6 is 11.3 Å². The molecule has 1 aliphatic rings. The number of benzene rings is 1. The molecule has 1 saturated carbocycles. The van der Waals surface area contributed by atoms with Gasteiger partial charge in [-0.15, -0.1) is 11.3 Å². The molecule has 3 heteroatoms. The van der Waals surface area contributed by atoms with Crippen LogP contribution in [0.2, 0.25) is 0 Å². The third kappa shape index (κ3) is 2.47. The second-order valence-electron chi connectivity index (χ2n) is 4.90. The van der Waals surface area contributed by atoms with E-state index in [2.05, 4.69) is 58.7 Å². The van der Waals surface area contributed by atoms with Crippen molar-refractivity contribution in [2.45, 2.75) is 18.8 Å². The number of thiophene rings is 1. The lowest BCUT2D eigenvalue weighted by molar-refractivity contribution is 1.10. The Morgan fingerprint density at radius 3 is 2.60 bits per heavy atom. The van der Waals surface area contributed by atoms with Crippen LogP contribution in [0.25, 0.3) is 21.3 Å². The number of hydrogen-bond acceptors (Lipinski definition) is 3. The van der Waals surface area contributed by atoms with E-state index >= 15 is 0 Å². The minimum Gasteiger partial charge on any atom is -0.333 e. The number of nitrogens with two attached hydrogens (primary N) is 1. The summed E-state index contributed by atoms with van der Waals surface area (Å²) in [7, 11) is 1.50. The topological polar surface area (TPSA) is 38.9 Å². The van der Waals surface area contributed by atoms with Gasteiger partial charge in [0.2, 0.25) is 0 Å². The van der Waals surface area contributed by atoms with Crippen molar-refractivity contribution in [3.8, 4) is 11.3 Å². The fourth-order valence-corrected chi connectivity index (χ4v) is 3.35. The highest BCUT2D eigenvalue weighted by Crippen LogP contribution is 2.40. The van der Waals surface area contributed by atoms with Crippen molar-refractivity contribution in [2.24, 2.45) is 5.73 Å². The molecule has 0 bridgehead atoms. The first-order valence-electron chi connectivity index (χ1n) is 6.92. The summed E-state index contributed by atoms with van der Waals surface area (Å²) in [6, 6.07) is 12.9. The highest BCUT2D eigenvalue weighted by molar-refractivity contribution is 7.17.